The van der Waals surface area contributed by atoms with E-state index in [0.717, 1.165) is 141 Å². The summed E-state index contributed by atoms with van der Waals surface area (Å²) < 4.78 is 16.6. The van der Waals surface area contributed by atoms with Gasteiger partial charge in [-0.1, -0.05) is 212 Å². The first-order valence-corrected chi connectivity index (χ1v) is 26.7. The number of carbonyl (C=O) groups is 3. The summed E-state index contributed by atoms with van der Waals surface area (Å²) >= 11 is 0. The first kappa shape index (κ1) is 62.5. The molecule has 376 valence electrons. The first-order chi connectivity index (χ1) is 33.0. The molecule has 0 heterocycles. The molecule has 0 saturated carbocycles. The first-order valence-electron chi connectivity index (χ1n) is 26.7. The summed E-state index contributed by atoms with van der Waals surface area (Å²) in [5.41, 5.74) is 0. The van der Waals surface area contributed by atoms with E-state index >= 15 is 0 Å². The summed E-state index contributed by atoms with van der Waals surface area (Å²) in [5, 5.41) is 0. The van der Waals surface area contributed by atoms with Crippen molar-refractivity contribution in [3.8, 4) is 0 Å². The molecule has 0 fully saturated rings. The van der Waals surface area contributed by atoms with Crippen LogP contribution in [0.2, 0.25) is 0 Å². The van der Waals surface area contributed by atoms with Crippen molar-refractivity contribution in [1.29, 1.82) is 0 Å². The van der Waals surface area contributed by atoms with Gasteiger partial charge in [-0.3, -0.25) is 14.4 Å². The molecule has 0 spiro atoms. The summed E-state index contributed by atoms with van der Waals surface area (Å²) in [6.45, 7) is 6.26. The lowest BCUT2D eigenvalue weighted by Gasteiger charge is -2.18. The maximum absolute atomic E-state index is 12.7. The fourth-order valence-electron chi connectivity index (χ4n) is 6.71. The van der Waals surface area contributed by atoms with Gasteiger partial charge in [-0.25, -0.2) is 0 Å². The molecule has 0 aliphatic carbocycles. The zero-order valence-corrected chi connectivity index (χ0v) is 42.9. The Bertz CT molecular complexity index is 1480. The van der Waals surface area contributed by atoms with E-state index in [2.05, 4.69) is 154 Å². The molecule has 0 radical (unpaired) electrons. The van der Waals surface area contributed by atoms with E-state index < -0.39 is 6.10 Å². The fourth-order valence-corrected chi connectivity index (χ4v) is 6.71. The zero-order valence-electron chi connectivity index (χ0n) is 42.9. The lowest BCUT2D eigenvalue weighted by Crippen LogP contribution is -2.30. The highest BCUT2D eigenvalue weighted by Crippen LogP contribution is 2.13. The van der Waals surface area contributed by atoms with Gasteiger partial charge in [0, 0.05) is 19.3 Å². The second-order valence-corrected chi connectivity index (χ2v) is 17.0. The maximum Gasteiger partial charge on any atom is 0.306 e. The van der Waals surface area contributed by atoms with E-state index in [4.69, 9.17) is 14.2 Å². The van der Waals surface area contributed by atoms with E-state index in [0.29, 0.717) is 25.7 Å². The fraction of sp³-hybridized carbons (Fsp3) is 0.590. The van der Waals surface area contributed by atoms with Gasteiger partial charge in [0.15, 0.2) is 6.10 Å². The third-order valence-electron chi connectivity index (χ3n) is 10.7. The van der Waals surface area contributed by atoms with E-state index in [9.17, 15) is 14.4 Å². The predicted octanol–water partition coefficient (Wildman–Crippen LogP) is 17.9. The highest BCUT2D eigenvalue weighted by atomic mass is 16.6. The van der Waals surface area contributed by atoms with Gasteiger partial charge >= 0.3 is 17.9 Å². The molecular weight excluding hydrogens is 829 g/mol. The molecule has 0 aliphatic heterocycles. The summed E-state index contributed by atoms with van der Waals surface area (Å²) in [6, 6.07) is 0. The average Bonchev–Trinajstić information content (AvgIpc) is 3.33. The van der Waals surface area contributed by atoms with Crippen LogP contribution < -0.4 is 0 Å². The largest absolute Gasteiger partial charge is 0.462 e. The van der Waals surface area contributed by atoms with Crippen molar-refractivity contribution >= 4 is 17.9 Å². The molecule has 0 aliphatic rings. The van der Waals surface area contributed by atoms with Gasteiger partial charge in [0.1, 0.15) is 13.2 Å². The predicted molar refractivity (Wildman–Crippen MR) is 288 cm³/mol. The topological polar surface area (TPSA) is 78.9 Å². The van der Waals surface area contributed by atoms with Gasteiger partial charge in [-0.15, -0.1) is 0 Å². The van der Waals surface area contributed by atoms with Crippen LogP contribution in [0.1, 0.15) is 213 Å². The van der Waals surface area contributed by atoms with Crippen LogP contribution in [0, 0.1) is 0 Å². The quantitative estimate of drug-likeness (QED) is 0.0262. The summed E-state index contributed by atoms with van der Waals surface area (Å²) in [6.07, 6.45) is 76.2. The molecule has 0 amide bonds. The SMILES string of the molecule is CC/C=C\C/C=C\C/C=C\C/C=C\C/C=C\C/C=C\C/C=C\C/C=C\CCCCC(=O)OCC(COC(=O)CCCCCCC)OC(=O)CCCCCCCCC/C=C\C/C=C\C/C=C\CC. The molecule has 0 aromatic rings. The second kappa shape index (κ2) is 54.2. The number of carbonyl (C=O) groups excluding carboxylic acids is 3. The number of rotatable bonds is 46. The van der Waals surface area contributed by atoms with E-state index in [1.807, 2.05) is 0 Å². The number of ether oxygens (including phenoxy) is 3. The van der Waals surface area contributed by atoms with E-state index in [-0.39, 0.29) is 31.1 Å². The van der Waals surface area contributed by atoms with Crippen LogP contribution in [0.5, 0.6) is 0 Å². The minimum atomic E-state index is -0.802. The van der Waals surface area contributed by atoms with Crippen molar-refractivity contribution in [2.75, 3.05) is 13.2 Å². The number of hydrogen-bond donors (Lipinski definition) is 0. The monoisotopic (exact) mass is 925 g/mol. The highest BCUT2D eigenvalue weighted by Gasteiger charge is 2.19. The smallest absolute Gasteiger partial charge is 0.306 e. The third kappa shape index (κ3) is 52.4. The van der Waals surface area contributed by atoms with Crippen LogP contribution in [0.25, 0.3) is 0 Å². The molecule has 6 nitrogen and oxygen atoms in total. The van der Waals surface area contributed by atoms with Crippen LogP contribution in [0.3, 0.4) is 0 Å². The van der Waals surface area contributed by atoms with Crippen LogP contribution in [0.4, 0.5) is 0 Å². The molecule has 6 heteroatoms. The molecule has 67 heavy (non-hydrogen) atoms. The van der Waals surface area contributed by atoms with Crippen molar-refractivity contribution in [1.82, 2.24) is 0 Å². The highest BCUT2D eigenvalue weighted by molar-refractivity contribution is 5.71. The van der Waals surface area contributed by atoms with Crippen LogP contribution in [-0.2, 0) is 28.6 Å². The van der Waals surface area contributed by atoms with E-state index in [1.165, 1.54) is 25.7 Å². The number of esters is 3. The molecule has 0 bridgehead atoms. The Kier molecular flexibility index (Phi) is 50.6. The maximum atomic E-state index is 12.7. The molecule has 0 aromatic carbocycles. The van der Waals surface area contributed by atoms with E-state index in [1.54, 1.807) is 0 Å². The van der Waals surface area contributed by atoms with Crippen LogP contribution in [-0.4, -0.2) is 37.2 Å². The molecule has 1 atom stereocenters. The Morgan fingerprint density at radius 1 is 0.313 bits per heavy atom. The Hall–Kier alpha value is -4.45. The summed E-state index contributed by atoms with van der Waals surface area (Å²) in [4.78, 5) is 37.7. The third-order valence-corrected chi connectivity index (χ3v) is 10.7. The Balaban J connectivity index is 4.27. The summed E-state index contributed by atoms with van der Waals surface area (Å²) in [5.74, 6) is -0.980. The van der Waals surface area contributed by atoms with Gasteiger partial charge in [-0.2, -0.15) is 0 Å². The number of allylic oxidation sites excluding steroid dienone is 22. The van der Waals surface area contributed by atoms with Gasteiger partial charge in [0.25, 0.3) is 0 Å². The van der Waals surface area contributed by atoms with Gasteiger partial charge in [0.05, 0.1) is 0 Å². The minimum Gasteiger partial charge on any atom is -0.462 e. The molecule has 0 aromatic heterocycles. The summed E-state index contributed by atoms with van der Waals surface area (Å²) in [7, 11) is 0. The Morgan fingerprint density at radius 2 is 0.582 bits per heavy atom. The van der Waals surface area contributed by atoms with Crippen molar-refractivity contribution in [3.05, 3.63) is 134 Å². The lowest BCUT2D eigenvalue weighted by atomic mass is 10.1. The normalized spacial score (nSPS) is 13.2. The van der Waals surface area contributed by atoms with Gasteiger partial charge in [-0.05, 0) is 116 Å². The van der Waals surface area contributed by atoms with Crippen LogP contribution >= 0.6 is 0 Å². The van der Waals surface area contributed by atoms with Crippen molar-refractivity contribution < 1.29 is 28.6 Å². The molecule has 0 rings (SSSR count). The van der Waals surface area contributed by atoms with Crippen molar-refractivity contribution in [2.24, 2.45) is 0 Å². The van der Waals surface area contributed by atoms with Crippen molar-refractivity contribution in [2.45, 2.75) is 219 Å². The van der Waals surface area contributed by atoms with Gasteiger partial charge < -0.3 is 14.2 Å². The zero-order chi connectivity index (χ0) is 48.6. The standard InChI is InChI=1S/C61H96O6/c1-4-7-10-13-15-17-19-21-23-25-26-27-28-29-30-31-32-33-34-36-37-39-41-43-45-48-51-54-60(63)66-57-58(56-65-59(62)53-50-47-12-9-6-3)67-61(64)55-52-49-46-44-42-40-38-35-24-22-20-18-16-14-11-8-5-2/h7-8,10-11,15-18,21-24,26-27,29-30,32-33,36-37,41,43,58H,4-6,9,12-14,19-20,25,28,31,34-35,38-40,42,44-57H2,1-3H3/b10-7-,11-8-,17-15-,18-16-,23-21-,24-22-,27-26-,30-29-,33-32-,37-36-,43-41-. The van der Waals surface area contributed by atoms with Crippen LogP contribution in [0.15, 0.2) is 134 Å². The number of hydrogen-bond acceptors (Lipinski definition) is 6. The molecular formula is C61H96O6. The van der Waals surface area contributed by atoms with Gasteiger partial charge in [0.2, 0.25) is 0 Å². The second-order valence-electron chi connectivity index (χ2n) is 17.0. The lowest BCUT2D eigenvalue weighted by molar-refractivity contribution is -0.167. The minimum absolute atomic E-state index is 0.101. The average molecular weight is 925 g/mol. The molecule has 0 saturated heterocycles. The van der Waals surface area contributed by atoms with Crippen molar-refractivity contribution in [3.63, 3.8) is 0 Å². The Labute approximate surface area is 411 Å². The Morgan fingerprint density at radius 3 is 0.940 bits per heavy atom. The molecule has 0 N–H and O–H groups in total. The number of unbranched alkanes of at least 4 members (excludes halogenated alkanes) is 13. The molecule has 1 unspecified atom stereocenters.